The summed E-state index contributed by atoms with van der Waals surface area (Å²) in [5.41, 5.74) is 1.50. The molecule has 0 spiro atoms. The summed E-state index contributed by atoms with van der Waals surface area (Å²) in [7, 11) is 0. The summed E-state index contributed by atoms with van der Waals surface area (Å²) in [4.78, 5) is 35.3. The maximum absolute atomic E-state index is 12.4. The van der Waals surface area contributed by atoms with Gasteiger partial charge in [0.2, 0.25) is 11.8 Å². The van der Waals surface area contributed by atoms with Gasteiger partial charge in [0.25, 0.3) is 5.91 Å². The van der Waals surface area contributed by atoms with Crippen molar-refractivity contribution in [1.82, 2.24) is 5.32 Å². The van der Waals surface area contributed by atoms with Gasteiger partial charge in [0, 0.05) is 12.1 Å². The molecule has 0 saturated carbocycles. The lowest BCUT2D eigenvalue weighted by molar-refractivity contribution is -0.126. The first-order valence-corrected chi connectivity index (χ1v) is 9.43. The van der Waals surface area contributed by atoms with Crippen molar-refractivity contribution < 1.29 is 19.1 Å². The zero-order valence-electron chi connectivity index (χ0n) is 15.0. The molecule has 1 saturated heterocycles. The van der Waals surface area contributed by atoms with Gasteiger partial charge in [-0.25, -0.2) is 0 Å². The number of benzene rings is 2. The molecule has 0 aliphatic carbocycles. The van der Waals surface area contributed by atoms with Crippen molar-refractivity contribution in [3.05, 3.63) is 58.1 Å². The quantitative estimate of drug-likeness (QED) is 0.699. The van der Waals surface area contributed by atoms with E-state index in [1.807, 2.05) is 12.1 Å². The molecule has 1 fully saturated rings. The Balaban J connectivity index is 1.57. The molecule has 2 aromatic rings. The van der Waals surface area contributed by atoms with E-state index in [9.17, 15) is 14.4 Å². The van der Waals surface area contributed by atoms with Crippen LogP contribution in [-0.4, -0.2) is 23.8 Å². The van der Waals surface area contributed by atoms with Gasteiger partial charge < -0.3 is 10.1 Å². The summed E-state index contributed by atoms with van der Waals surface area (Å²) < 4.78 is 5.59. The van der Waals surface area contributed by atoms with Gasteiger partial charge in [0.15, 0.2) is 6.10 Å². The number of amides is 3. The molecule has 2 atom stereocenters. The average molecular weight is 421 g/mol. The minimum Gasteiger partial charge on any atom is -0.479 e. The first kappa shape index (κ1) is 20.2. The van der Waals surface area contributed by atoms with Crippen LogP contribution in [0.3, 0.4) is 0 Å². The lowest BCUT2D eigenvalue weighted by Crippen LogP contribution is -2.30. The second-order valence-electron chi connectivity index (χ2n) is 6.52. The Morgan fingerprint density at radius 3 is 2.57 bits per heavy atom. The highest BCUT2D eigenvalue weighted by Crippen LogP contribution is 2.32. The van der Waals surface area contributed by atoms with E-state index in [1.54, 1.807) is 37.3 Å². The Bertz CT molecular complexity index is 915. The second-order valence-corrected chi connectivity index (χ2v) is 7.30. The van der Waals surface area contributed by atoms with Crippen molar-refractivity contribution in [1.29, 1.82) is 0 Å². The van der Waals surface area contributed by atoms with E-state index in [-0.39, 0.29) is 35.1 Å². The number of carbonyl (C=O) groups excluding carboxylic acids is 3. The SMILES string of the molecule is CC(Oc1cccc(Cl)c1Cl)C(=O)Nc1ccc(CC2CC(=O)NC2=O)cc1. The van der Waals surface area contributed by atoms with Gasteiger partial charge in [0.1, 0.15) is 10.8 Å². The van der Waals surface area contributed by atoms with Gasteiger partial charge in [-0.15, -0.1) is 0 Å². The molecule has 3 amide bonds. The topological polar surface area (TPSA) is 84.5 Å². The predicted molar refractivity (Wildman–Crippen MR) is 107 cm³/mol. The van der Waals surface area contributed by atoms with E-state index < -0.39 is 6.10 Å². The summed E-state index contributed by atoms with van der Waals surface area (Å²) in [5.74, 6) is -0.842. The molecule has 146 valence electrons. The number of carbonyl (C=O) groups is 3. The first-order valence-electron chi connectivity index (χ1n) is 8.67. The Labute approximate surface area is 172 Å². The van der Waals surface area contributed by atoms with Crippen LogP contribution < -0.4 is 15.4 Å². The molecule has 8 heteroatoms. The predicted octanol–water partition coefficient (Wildman–Crippen LogP) is 3.60. The zero-order valence-corrected chi connectivity index (χ0v) is 16.5. The maximum atomic E-state index is 12.4. The van der Waals surface area contributed by atoms with Crippen molar-refractivity contribution in [3.8, 4) is 5.75 Å². The number of imide groups is 1. The third kappa shape index (κ3) is 4.82. The summed E-state index contributed by atoms with van der Waals surface area (Å²) >= 11 is 12.0. The molecule has 0 aromatic heterocycles. The lowest BCUT2D eigenvalue weighted by atomic mass is 9.98. The molecule has 3 rings (SSSR count). The minimum atomic E-state index is -0.788. The number of hydrogen-bond acceptors (Lipinski definition) is 4. The smallest absolute Gasteiger partial charge is 0.265 e. The van der Waals surface area contributed by atoms with Crippen LogP contribution in [0.1, 0.15) is 18.9 Å². The van der Waals surface area contributed by atoms with Crippen molar-refractivity contribution in [2.24, 2.45) is 5.92 Å². The molecule has 1 aliphatic heterocycles. The van der Waals surface area contributed by atoms with Gasteiger partial charge >= 0.3 is 0 Å². The van der Waals surface area contributed by atoms with Crippen LogP contribution >= 0.6 is 23.2 Å². The number of halogens is 2. The van der Waals surface area contributed by atoms with Gasteiger partial charge in [-0.1, -0.05) is 41.4 Å². The van der Waals surface area contributed by atoms with Crippen LogP contribution in [0, 0.1) is 5.92 Å². The van der Waals surface area contributed by atoms with Gasteiger partial charge in [0.05, 0.1) is 10.9 Å². The molecule has 1 heterocycles. The number of rotatable bonds is 6. The minimum absolute atomic E-state index is 0.207. The maximum Gasteiger partial charge on any atom is 0.265 e. The monoisotopic (exact) mass is 420 g/mol. The fourth-order valence-corrected chi connectivity index (χ4v) is 3.18. The Morgan fingerprint density at radius 2 is 1.93 bits per heavy atom. The van der Waals surface area contributed by atoms with Gasteiger partial charge in [-0.05, 0) is 43.2 Å². The van der Waals surface area contributed by atoms with Crippen molar-refractivity contribution >= 4 is 46.6 Å². The van der Waals surface area contributed by atoms with Crippen molar-refractivity contribution in [2.45, 2.75) is 25.9 Å². The molecular formula is C20H18Cl2N2O4. The molecule has 0 bridgehead atoms. The first-order chi connectivity index (χ1) is 13.3. The van der Waals surface area contributed by atoms with Crippen LogP contribution in [0.5, 0.6) is 5.75 Å². The van der Waals surface area contributed by atoms with E-state index in [2.05, 4.69) is 10.6 Å². The highest BCUT2D eigenvalue weighted by atomic mass is 35.5. The highest BCUT2D eigenvalue weighted by Gasteiger charge is 2.30. The fraction of sp³-hybridized carbons (Fsp3) is 0.250. The number of anilines is 1. The molecule has 6 nitrogen and oxygen atoms in total. The second kappa shape index (κ2) is 8.63. The van der Waals surface area contributed by atoms with Gasteiger partial charge in [-0.3, -0.25) is 19.7 Å². The van der Waals surface area contributed by atoms with Crippen molar-refractivity contribution in [3.63, 3.8) is 0 Å². The van der Waals surface area contributed by atoms with E-state index in [4.69, 9.17) is 27.9 Å². The fourth-order valence-electron chi connectivity index (χ4n) is 2.84. The van der Waals surface area contributed by atoms with E-state index in [1.165, 1.54) is 0 Å². The summed E-state index contributed by atoms with van der Waals surface area (Å²) in [6.45, 7) is 1.61. The molecular weight excluding hydrogens is 403 g/mol. The molecule has 2 N–H and O–H groups in total. The number of nitrogens with one attached hydrogen (secondary N) is 2. The Kier molecular flexibility index (Phi) is 6.21. The molecule has 2 aromatic carbocycles. The summed E-state index contributed by atoms with van der Waals surface area (Å²) in [5, 5.41) is 5.66. The van der Waals surface area contributed by atoms with Crippen molar-refractivity contribution in [2.75, 3.05) is 5.32 Å². The highest BCUT2D eigenvalue weighted by molar-refractivity contribution is 6.42. The zero-order chi connectivity index (χ0) is 20.3. The molecule has 1 aliphatic rings. The van der Waals surface area contributed by atoms with E-state index in [0.717, 1.165) is 5.56 Å². The van der Waals surface area contributed by atoms with Crippen LogP contribution in [0.4, 0.5) is 5.69 Å². The Morgan fingerprint density at radius 1 is 1.21 bits per heavy atom. The molecule has 2 unspecified atom stereocenters. The third-order valence-electron chi connectivity index (χ3n) is 4.36. The van der Waals surface area contributed by atoms with Crippen LogP contribution in [0.15, 0.2) is 42.5 Å². The van der Waals surface area contributed by atoms with Crippen LogP contribution in [0.25, 0.3) is 0 Å². The summed E-state index contributed by atoms with van der Waals surface area (Å²) in [6.07, 6.45) is -0.111. The largest absolute Gasteiger partial charge is 0.479 e. The van der Waals surface area contributed by atoms with Crippen LogP contribution in [0.2, 0.25) is 10.0 Å². The Hall–Kier alpha value is -2.57. The molecule has 0 radical (unpaired) electrons. The number of ether oxygens (including phenoxy) is 1. The number of hydrogen-bond donors (Lipinski definition) is 2. The van der Waals surface area contributed by atoms with E-state index >= 15 is 0 Å². The third-order valence-corrected chi connectivity index (χ3v) is 5.16. The standard InChI is InChI=1S/C20H18Cl2N2O4/c1-11(28-16-4-2-3-15(21)18(16)22)19(26)23-14-7-5-12(6-8-14)9-13-10-17(25)24-20(13)27/h2-8,11,13H,9-10H2,1H3,(H,23,26)(H,24,25,27). The van der Waals surface area contributed by atoms with Crippen LogP contribution in [-0.2, 0) is 20.8 Å². The molecule has 28 heavy (non-hydrogen) atoms. The average Bonchev–Trinajstić information content (AvgIpc) is 2.97. The van der Waals surface area contributed by atoms with E-state index in [0.29, 0.717) is 22.9 Å². The summed E-state index contributed by atoms with van der Waals surface area (Å²) in [6, 6.07) is 12.0. The van der Waals surface area contributed by atoms with Gasteiger partial charge in [-0.2, -0.15) is 0 Å². The lowest BCUT2D eigenvalue weighted by Gasteiger charge is -2.16. The normalized spacial score (nSPS) is 17.2.